The van der Waals surface area contributed by atoms with Crippen LogP contribution < -0.4 is 0 Å². The van der Waals surface area contributed by atoms with E-state index in [4.69, 9.17) is 5.11 Å². The van der Waals surface area contributed by atoms with Crippen molar-refractivity contribution in [3.63, 3.8) is 0 Å². The predicted molar refractivity (Wildman–Crippen MR) is 92.9 cm³/mol. The number of hydrogen-bond donors (Lipinski definition) is 2. The summed E-state index contributed by atoms with van der Waals surface area (Å²) in [5.74, 6) is 6.11. The second-order valence-corrected chi connectivity index (χ2v) is 5.34. The molecular formula is C20H23NO2. The van der Waals surface area contributed by atoms with Crippen LogP contribution in [0.5, 0.6) is 0 Å². The molecule has 2 rings (SSSR count). The van der Waals surface area contributed by atoms with Crippen molar-refractivity contribution in [3.8, 4) is 11.8 Å². The highest BCUT2D eigenvalue weighted by Crippen LogP contribution is 2.28. The minimum atomic E-state index is -1.33. The van der Waals surface area contributed by atoms with Gasteiger partial charge in [0.25, 0.3) is 0 Å². The van der Waals surface area contributed by atoms with Crippen molar-refractivity contribution in [2.75, 3.05) is 26.2 Å². The highest BCUT2D eigenvalue weighted by atomic mass is 16.3. The van der Waals surface area contributed by atoms with Gasteiger partial charge in [0.1, 0.15) is 0 Å². The van der Waals surface area contributed by atoms with E-state index >= 15 is 0 Å². The standard InChI is InChI=1S/C20H23NO2/c1-2-21(16-17-22)15-9-14-20(23,18-10-5-3-6-11-18)19-12-7-4-8-13-19/h3-8,10-13,22-23H,2,15-17H2,1H3. The maximum absolute atomic E-state index is 11.2. The van der Waals surface area contributed by atoms with Gasteiger partial charge < -0.3 is 10.2 Å². The lowest BCUT2D eigenvalue weighted by Crippen LogP contribution is -2.28. The van der Waals surface area contributed by atoms with Crippen molar-refractivity contribution >= 4 is 0 Å². The molecule has 0 aliphatic carbocycles. The van der Waals surface area contributed by atoms with Gasteiger partial charge in [0.2, 0.25) is 0 Å². The largest absolute Gasteiger partial charge is 0.395 e. The molecule has 0 spiro atoms. The van der Waals surface area contributed by atoms with Crippen molar-refractivity contribution in [2.45, 2.75) is 12.5 Å². The van der Waals surface area contributed by atoms with Crippen LogP contribution in [0, 0.1) is 11.8 Å². The van der Waals surface area contributed by atoms with Crippen molar-refractivity contribution in [3.05, 3.63) is 71.8 Å². The van der Waals surface area contributed by atoms with Crippen LogP contribution in [0.1, 0.15) is 18.1 Å². The zero-order chi connectivity index (χ0) is 16.5. The predicted octanol–water partition coefficient (Wildman–Crippen LogP) is 2.24. The van der Waals surface area contributed by atoms with Crippen molar-refractivity contribution < 1.29 is 10.2 Å². The van der Waals surface area contributed by atoms with Gasteiger partial charge in [0.05, 0.1) is 13.2 Å². The molecule has 0 bridgehead atoms. The first kappa shape index (κ1) is 17.2. The Morgan fingerprint density at radius 1 is 0.957 bits per heavy atom. The maximum atomic E-state index is 11.2. The van der Waals surface area contributed by atoms with E-state index in [1.807, 2.05) is 72.5 Å². The molecule has 0 saturated heterocycles. The zero-order valence-electron chi connectivity index (χ0n) is 13.4. The highest BCUT2D eigenvalue weighted by molar-refractivity contribution is 5.44. The summed E-state index contributed by atoms with van der Waals surface area (Å²) in [5, 5.41) is 20.3. The van der Waals surface area contributed by atoms with Crippen LogP contribution in [0.15, 0.2) is 60.7 Å². The lowest BCUT2D eigenvalue weighted by Gasteiger charge is -2.24. The number of rotatable bonds is 6. The third kappa shape index (κ3) is 4.43. The minimum absolute atomic E-state index is 0.108. The van der Waals surface area contributed by atoms with Crippen molar-refractivity contribution in [1.29, 1.82) is 0 Å². The van der Waals surface area contributed by atoms with Gasteiger partial charge in [0, 0.05) is 17.7 Å². The Bertz CT molecular complexity index is 604. The first-order chi connectivity index (χ1) is 11.2. The molecule has 2 aromatic carbocycles. The topological polar surface area (TPSA) is 43.7 Å². The molecule has 0 amide bonds. The molecule has 23 heavy (non-hydrogen) atoms. The Hall–Kier alpha value is -2.12. The number of likely N-dealkylation sites (N-methyl/N-ethyl adjacent to an activating group) is 1. The van der Waals surface area contributed by atoms with Crippen LogP contribution in [0.2, 0.25) is 0 Å². The fourth-order valence-corrected chi connectivity index (χ4v) is 2.44. The second kappa shape index (κ2) is 8.50. The Morgan fingerprint density at radius 3 is 1.91 bits per heavy atom. The smallest absolute Gasteiger partial charge is 0.176 e. The van der Waals surface area contributed by atoms with Gasteiger partial charge in [-0.15, -0.1) is 0 Å². The average molecular weight is 309 g/mol. The van der Waals surface area contributed by atoms with Gasteiger partial charge in [-0.2, -0.15) is 0 Å². The Labute approximate surface area is 138 Å². The summed E-state index contributed by atoms with van der Waals surface area (Å²) < 4.78 is 0. The summed E-state index contributed by atoms with van der Waals surface area (Å²) in [4.78, 5) is 2.03. The van der Waals surface area contributed by atoms with Crippen LogP contribution in [-0.4, -0.2) is 41.4 Å². The quantitative estimate of drug-likeness (QED) is 0.804. The summed E-state index contributed by atoms with van der Waals surface area (Å²) in [5.41, 5.74) is 0.175. The zero-order valence-corrected chi connectivity index (χ0v) is 13.4. The normalized spacial score (nSPS) is 11.1. The van der Waals surface area contributed by atoms with Crippen LogP contribution in [0.3, 0.4) is 0 Å². The molecule has 3 nitrogen and oxygen atoms in total. The third-order valence-electron chi connectivity index (χ3n) is 3.82. The minimum Gasteiger partial charge on any atom is -0.395 e. The number of aliphatic hydroxyl groups is 2. The summed E-state index contributed by atoms with van der Waals surface area (Å²) in [7, 11) is 0. The van der Waals surface area contributed by atoms with E-state index in [-0.39, 0.29) is 6.61 Å². The first-order valence-electron chi connectivity index (χ1n) is 7.87. The van der Waals surface area contributed by atoms with Crippen LogP contribution in [0.25, 0.3) is 0 Å². The fraction of sp³-hybridized carbons (Fsp3) is 0.300. The van der Waals surface area contributed by atoms with E-state index in [1.165, 1.54) is 0 Å². The van der Waals surface area contributed by atoms with E-state index in [1.54, 1.807) is 0 Å². The van der Waals surface area contributed by atoms with Crippen LogP contribution in [0.4, 0.5) is 0 Å². The van der Waals surface area contributed by atoms with Crippen LogP contribution >= 0.6 is 0 Å². The van der Waals surface area contributed by atoms with E-state index in [9.17, 15) is 5.11 Å². The summed E-state index contributed by atoms with van der Waals surface area (Å²) in [6, 6.07) is 19.0. The monoisotopic (exact) mass is 309 g/mol. The van der Waals surface area contributed by atoms with Gasteiger partial charge in [-0.3, -0.25) is 4.90 Å². The van der Waals surface area contributed by atoms with Gasteiger partial charge in [-0.05, 0) is 6.54 Å². The molecular weight excluding hydrogens is 286 g/mol. The van der Waals surface area contributed by atoms with E-state index < -0.39 is 5.60 Å². The van der Waals surface area contributed by atoms with Crippen molar-refractivity contribution in [2.24, 2.45) is 0 Å². The van der Waals surface area contributed by atoms with Gasteiger partial charge in [0.15, 0.2) is 5.60 Å². The summed E-state index contributed by atoms with van der Waals surface area (Å²) in [6.07, 6.45) is 0. The molecule has 0 aromatic heterocycles. The molecule has 0 aliphatic heterocycles. The number of hydrogen-bond acceptors (Lipinski definition) is 3. The van der Waals surface area contributed by atoms with Gasteiger partial charge in [-0.1, -0.05) is 79.4 Å². The first-order valence-corrected chi connectivity index (χ1v) is 7.87. The second-order valence-electron chi connectivity index (χ2n) is 5.34. The number of nitrogens with zero attached hydrogens (tertiary/aromatic N) is 1. The molecule has 0 aliphatic rings. The third-order valence-corrected chi connectivity index (χ3v) is 3.82. The Morgan fingerprint density at radius 2 is 1.48 bits per heavy atom. The van der Waals surface area contributed by atoms with Crippen molar-refractivity contribution in [1.82, 2.24) is 4.90 Å². The molecule has 3 heteroatoms. The van der Waals surface area contributed by atoms with E-state index in [0.717, 1.165) is 17.7 Å². The SMILES string of the molecule is CCN(CC#CC(O)(c1ccccc1)c1ccccc1)CCO. The molecule has 120 valence electrons. The molecule has 0 heterocycles. The van der Waals surface area contributed by atoms with Crippen LogP contribution in [-0.2, 0) is 5.60 Å². The summed E-state index contributed by atoms with van der Waals surface area (Å²) in [6.45, 7) is 4.04. The average Bonchev–Trinajstić information content (AvgIpc) is 2.62. The molecule has 0 saturated carbocycles. The van der Waals surface area contributed by atoms with E-state index in [2.05, 4.69) is 11.8 Å². The molecule has 0 unspecified atom stereocenters. The maximum Gasteiger partial charge on any atom is 0.176 e. The Balaban J connectivity index is 2.33. The molecule has 2 aromatic rings. The highest BCUT2D eigenvalue weighted by Gasteiger charge is 2.28. The molecule has 2 N–H and O–H groups in total. The lowest BCUT2D eigenvalue weighted by molar-refractivity contribution is 0.145. The molecule has 0 atom stereocenters. The van der Waals surface area contributed by atoms with E-state index in [0.29, 0.717) is 13.1 Å². The molecule has 0 fully saturated rings. The number of benzene rings is 2. The Kier molecular flexibility index (Phi) is 6.37. The molecule has 0 radical (unpaired) electrons. The lowest BCUT2D eigenvalue weighted by atomic mass is 9.87. The van der Waals surface area contributed by atoms with Gasteiger partial charge >= 0.3 is 0 Å². The van der Waals surface area contributed by atoms with Gasteiger partial charge in [-0.25, -0.2) is 0 Å². The fourth-order valence-electron chi connectivity index (χ4n) is 2.44. The summed E-state index contributed by atoms with van der Waals surface area (Å²) >= 11 is 0. The number of aliphatic hydroxyl groups excluding tert-OH is 1.